The fraction of sp³-hybridized carbons (Fsp3) is 0.0714. The smallest absolute Gasteiger partial charge is 0.211 e. The lowest BCUT2D eigenvalue weighted by molar-refractivity contribution is -0.141. The van der Waals surface area contributed by atoms with E-state index in [2.05, 4.69) is 15.1 Å². The summed E-state index contributed by atoms with van der Waals surface area (Å²) in [6.45, 7) is 0. The highest BCUT2D eigenvalue weighted by Crippen LogP contribution is 2.28. The Hall–Kier alpha value is -2.04. The van der Waals surface area contributed by atoms with Crippen LogP contribution in [-0.4, -0.2) is 19.7 Å². The predicted octanol–water partition coefficient (Wildman–Crippen LogP) is 4.09. The largest absolute Gasteiger partial charge is 0.435 e. The second-order valence-corrected chi connectivity index (χ2v) is 5.63. The Morgan fingerprint density at radius 2 is 1.70 bits per heavy atom. The van der Waals surface area contributed by atoms with Gasteiger partial charge >= 0.3 is 6.18 Å². The molecule has 2 aromatic heterocycles. The van der Waals surface area contributed by atoms with E-state index in [0.29, 0.717) is 15.0 Å². The number of halogens is 5. The van der Waals surface area contributed by atoms with Gasteiger partial charge in [-0.1, -0.05) is 0 Å². The van der Waals surface area contributed by atoms with Crippen molar-refractivity contribution in [3.63, 3.8) is 0 Å². The average Bonchev–Trinajstić information content (AvgIpc) is 2.97. The number of hydrogen-bond donors (Lipinski definition) is 0. The van der Waals surface area contributed by atoms with E-state index in [1.54, 1.807) is 6.07 Å². The molecule has 2 heterocycles. The molecule has 0 aliphatic rings. The molecule has 0 aliphatic carbocycles. The minimum Gasteiger partial charge on any atom is -0.211 e. The Morgan fingerprint density at radius 1 is 1.00 bits per heavy atom. The lowest BCUT2D eigenvalue weighted by atomic mass is 10.1. The zero-order valence-corrected chi connectivity index (χ0v) is 13.4. The van der Waals surface area contributed by atoms with Crippen molar-refractivity contribution in [3.05, 3.63) is 57.8 Å². The van der Waals surface area contributed by atoms with E-state index in [4.69, 9.17) is 0 Å². The maximum Gasteiger partial charge on any atom is 0.435 e. The van der Waals surface area contributed by atoms with E-state index in [-0.39, 0.29) is 11.8 Å². The Kier molecular flexibility index (Phi) is 4.04. The molecule has 0 N–H and O–H groups in total. The van der Waals surface area contributed by atoms with E-state index < -0.39 is 11.9 Å². The molecule has 0 fully saturated rings. The van der Waals surface area contributed by atoms with Gasteiger partial charge in [0, 0.05) is 11.8 Å². The molecular formula is C14H7F4IN4. The lowest BCUT2D eigenvalue weighted by Gasteiger charge is -2.06. The molecule has 0 amide bonds. The summed E-state index contributed by atoms with van der Waals surface area (Å²) in [5, 5.41) is 3.45. The molecule has 23 heavy (non-hydrogen) atoms. The fourth-order valence-electron chi connectivity index (χ4n) is 1.86. The number of hydrogen-bond acceptors (Lipinski definition) is 3. The summed E-state index contributed by atoms with van der Waals surface area (Å²) in [4.78, 5) is 8.27. The fourth-order valence-corrected chi connectivity index (χ4v) is 2.37. The maximum atomic E-state index is 13.0. The zero-order valence-electron chi connectivity index (χ0n) is 11.2. The molecule has 0 unspecified atom stereocenters. The van der Waals surface area contributed by atoms with Crippen molar-refractivity contribution in [1.29, 1.82) is 0 Å². The van der Waals surface area contributed by atoms with Crippen LogP contribution in [0.5, 0.6) is 0 Å². The van der Waals surface area contributed by atoms with Crippen molar-refractivity contribution in [2.24, 2.45) is 0 Å². The summed E-state index contributed by atoms with van der Waals surface area (Å²) in [6.07, 6.45) is -3.39. The van der Waals surface area contributed by atoms with Crippen molar-refractivity contribution in [2.75, 3.05) is 0 Å². The molecule has 0 atom stereocenters. The van der Waals surface area contributed by atoms with E-state index in [9.17, 15) is 17.6 Å². The molecule has 3 rings (SSSR count). The van der Waals surface area contributed by atoms with Gasteiger partial charge in [-0.3, -0.25) is 0 Å². The minimum atomic E-state index is -4.53. The predicted molar refractivity (Wildman–Crippen MR) is 82.3 cm³/mol. The van der Waals surface area contributed by atoms with E-state index >= 15 is 0 Å². The first-order valence-corrected chi connectivity index (χ1v) is 7.34. The Morgan fingerprint density at radius 3 is 2.30 bits per heavy atom. The third-order valence-corrected chi connectivity index (χ3v) is 3.46. The van der Waals surface area contributed by atoms with Crippen LogP contribution in [-0.2, 0) is 6.18 Å². The van der Waals surface area contributed by atoms with Gasteiger partial charge in [0.25, 0.3) is 5.95 Å². The molecule has 0 saturated carbocycles. The molecule has 118 valence electrons. The van der Waals surface area contributed by atoms with Gasteiger partial charge in [-0.15, -0.1) is 0 Å². The lowest BCUT2D eigenvalue weighted by Crippen LogP contribution is -2.09. The van der Waals surface area contributed by atoms with Crippen molar-refractivity contribution in [2.45, 2.75) is 6.18 Å². The molecule has 1 aromatic carbocycles. The van der Waals surface area contributed by atoms with Crippen LogP contribution < -0.4 is 0 Å². The van der Waals surface area contributed by atoms with Crippen LogP contribution in [0.2, 0.25) is 0 Å². The van der Waals surface area contributed by atoms with Crippen molar-refractivity contribution < 1.29 is 17.6 Å². The highest BCUT2D eigenvalue weighted by Gasteiger charge is 2.33. The molecule has 0 saturated heterocycles. The van der Waals surface area contributed by atoms with Crippen LogP contribution in [0.3, 0.4) is 0 Å². The first kappa shape index (κ1) is 15.8. The van der Waals surface area contributed by atoms with Crippen LogP contribution >= 0.6 is 22.6 Å². The first-order chi connectivity index (χ1) is 10.8. The number of benzene rings is 1. The average molecular weight is 434 g/mol. The van der Waals surface area contributed by atoms with Crippen molar-refractivity contribution in [3.8, 4) is 17.2 Å². The van der Waals surface area contributed by atoms with Gasteiger partial charge < -0.3 is 0 Å². The van der Waals surface area contributed by atoms with E-state index in [1.165, 1.54) is 24.3 Å². The normalized spacial score (nSPS) is 11.7. The molecule has 0 radical (unpaired) electrons. The number of nitrogens with zero attached hydrogens (tertiary/aromatic N) is 4. The van der Waals surface area contributed by atoms with Gasteiger partial charge in [0.15, 0.2) is 5.69 Å². The van der Waals surface area contributed by atoms with Crippen LogP contribution in [0.15, 0.2) is 42.6 Å². The number of rotatable bonds is 2. The summed E-state index contributed by atoms with van der Waals surface area (Å²) < 4.78 is 52.3. The third kappa shape index (κ3) is 3.49. The van der Waals surface area contributed by atoms with Gasteiger partial charge in [-0.05, 0) is 59.0 Å². The molecule has 0 bridgehead atoms. The summed E-state index contributed by atoms with van der Waals surface area (Å²) in [7, 11) is 0. The molecule has 3 aromatic rings. The van der Waals surface area contributed by atoms with Gasteiger partial charge in [-0.25, -0.2) is 19.0 Å². The van der Waals surface area contributed by atoms with E-state index in [1.807, 2.05) is 22.6 Å². The van der Waals surface area contributed by atoms with Crippen molar-refractivity contribution in [1.82, 2.24) is 19.7 Å². The topological polar surface area (TPSA) is 43.6 Å². The van der Waals surface area contributed by atoms with Gasteiger partial charge in [-0.2, -0.15) is 18.3 Å². The molecular weight excluding hydrogens is 427 g/mol. The highest BCUT2D eigenvalue weighted by molar-refractivity contribution is 14.1. The van der Waals surface area contributed by atoms with Gasteiger partial charge in [0.1, 0.15) is 9.52 Å². The van der Waals surface area contributed by atoms with Crippen LogP contribution in [0.25, 0.3) is 17.2 Å². The monoisotopic (exact) mass is 434 g/mol. The number of alkyl halides is 3. The number of aromatic nitrogens is 4. The Balaban J connectivity index is 2.04. The Bertz CT molecular complexity index is 843. The van der Waals surface area contributed by atoms with Crippen LogP contribution in [0, 0.1) is 9.52 Å². The van der Waals surface area contributed by atoms with Gasteiger partial charge in [0.2, 0.25) is 0 Å². The Labute approximate surface area is 141 Å². The maximum absolute atomic E-state index is 13.0. The summed E-state index contributed by atoms with van der Waals surface area (Å²) >= 11 is 1.93. The summed E-state index contributed by atoms with van der Waals surface area (Å²) in [5.41, 5.74) is 0.0583. The SMILES string of the molecule is Fc1ccc(-c2cc(I)nc(-n3ccc(C(F)(F)F)n3)n2)cc1. The minimum absolute atomic E-state index is 0.00623. The second-order valence-electron chi connectivity index (χ2n) is 4.53. The quantitative estimate of drug-likeness (QED) is 0.347. The standard InChI is InChI=1S/C14H7F4IN4/c15-9-3-1-8(2-4-9)10-7-12(19)21-13(20-10)23-6-5-11(22-23)14(16,17)18/h1-7H. The molecule has 0 spiro atoms. The third-order valence-electron chi connectivity index (χ3n) is 2.91. The molecule has 9 heteroatoms. The highest BCUT2D eigenvalue weighted by atomic mass is 127. The van der Waals surface area contributed by atoms with E-state index in [0.717, 1.165) is 16.9 Å². The van der Waals surface area contributed by atoms with Crippen LogP contribution in [0.4, 0.5) is 17.6 Å². The molecule has 4 nitrogen and oxygen atoms in total. The summed E-state index contributed by atoms with van der Waals surface area (Å²) in [6, 6.07) is 8.11. The zero-order chi connectivity index (χ0) is 16.6. The van der Waals surface area contributed by atoms with Crippen molar-refractivity contribution >= 4 is 22.6 Å². The van der Waals surface area contributed by atoms with Gasteiger partial charge in [0.05, 0.1) is 5.69 Å². The first-order valence-electron chi connectivity index (χ1n) is 6.27. The van der Waals surface area contributed by atoms with Crippen LogP contribution in [0.1, 0.15) is 5.69 Å². The second kappa shape index (κ2) is 5.87. The summed E-state index contributed by atoms with van der Waals surface area (Å²) in [5.74, 6) is -0.383. The molecule has 0 aliphatic heterocycles.